The van der Waals surface area contributed by atoms with Crippen LogP contribution in [0.3, 0.4) is 0 Å². The van der Waals surface area contributed by atoms with Gasteiger partial charge in [0.2, 0.25) is 5.91 Å². The van der Waals surface area contributed by atoms with Crippen LogP contribution in [0.4, 0.5) is 34.6 Å². The number of rotatable bonds is 6. The molecule has 0 aliphatic heterocycles. The third-order valence-electron chi connectivity index (χ3n) is 4.96. The van der Waals surface area contributed by atoms with Crippen LogP contribution in [-0.4, -0.2) is 16.1 Å². The van der Waals surface area contributed by atoms with E-state index in [4.69, 9.17) is 40.5 Å². The Bertz CT molecular complexity index is 1350. The standard InChI is InChI=1S/C23H15BrCl3F4N3O2/c1-23(26,27)17(9-6-12(24)18(30)15(29)7-9)22(36)33-10-2-3-13(25)11(8-10)21(35)34-16-5-4-14(28)20(32)19(16)31/h2-8,17H,32H2,1H3,(H,33,36)(H,34,35). The molecule has 3 rings (SSSR count). The van der Waals surface area contributed by atoms with Gasteiger partial charge in [0.05, 0.1) is 26.7 Å². The summed E-state index contributed by atoms with van der Waals surface area (Å²) in [6.07, 6.45) is 0. The first-order valence-corrected chi connectivity index (χ1v) is 11.8. The van der Waals surface area contributed by atoms with Crippen molar-refractivity contribution in [2.75, 3.05) is 16.4 Å². The van der Waals surface area contributed by atoms with Crippen molar-refractivity contribution in [1.29, 1.82) is 0 Å². The number of halogens is 8. The molecule has 0 aromatic heterocycles. The minimum atomic E-state index is -1.76. The molecule has 36 heavy (non-hydrogen) atoms. The van der Waals surface area contributed by atoms with Gasteiger partial charge in [-0.1, -0.05) is 11.6 Å². The van der Waals surface area contributed by atoms with Crippen molar-refractivity contribution in [3.05, 3.63) is 86.4 Å². The van der Waals surface area contributed by atoms with Gasteiger partial charge in [0.15, 0.2) is 17.5 Å². The van der Waals surface area contributed by atoms with Crippen molar-refractivity contribution >= 4 is 79.6 Å². The summed E-state index contributed by atoms with van der Waals surface area (Å²) < 4.78 is 53.3. The molecular weight excluding hydrogens is 613 g/mol. The lowest BCUT2D eigenvalue weighted by atomic mass is 9.94. The summed E-state index contributed by atoms with van der Waals surface area (Å²) in [5, 5.41) is 4.66. The molecule has 4 N–H and O–H groups in total. The van der Waals surface area contributed by atoms with Gasteiger partial charge in [-0.25, -0.2) is 17.6 Å². The van der Waals surface area contributed by atoms with E-state index < -0.39 is 56.7 Å². The second-order valence-corrected chi connectivity index (χ2v) is 10.7. The average Bonchev–Trinajstić information content (AvgIpc) is 2.78. The van der Waals surface area contributed by atoms with Crippen molar-refractivity contribution in [2.45, 2.75) is 17.2 Å². The van der Waals surface area contributed by atoms with E-state index in [1.165, 1.54) is 25.1 Å². The number of amides is 2. The topological polar surface area (TPSA) is 84.2 Å². The van der Waals surface area contributed by atoms with Gasteiger partial charge in [-0.05, 0) is 70.9 Å². The van der Waals surface area contributed by atoms with Crippen LogP contribution in [0.1, 0.15) is 28.8 Å². The number of anilines is 3. The van der Waals surface area contributed by atoms with Gasteiger partial charge >= 0.3 is 0 Å². The first-order valence-electron chi connectivity index (χ1n) is 9.88. The largest absolute Gasteiger partial charge is 0.394 e. The zero-order valence-electron chi connectivity index (χ0n) is 18.0. The lowest BCUT2D eigenvalue weighted by Crippen LogP contribution is -2.32. The van der Waals surface area contributed by atoms with Crippen molar-refractivity contribution in [3.63, 3.8) is 0 Å². The molecule has 0 saturated carbocycles. The number of nitrogen functional groups attached to an aromatic ring is 1. The van der Waals surface area contributed by atoms with E-state index in [1.54, 1.807) is 0 Å². The summed E-state index contributed by atoms with van der Waals surface area (Å²) in [6.45, 7) is 1.29. The predicted molar refractivity (Wildman–Crippen MR) is 136 cm³/mol. The minimum Gasteiger partial charge on any atom is -0.394 e. The number of hydrogen-bond donors (Lipinski definition) is 3. The molecule has 0 radical (unpaired) electrons. The Hall–Kier alpha value is -2.53. The van der Waals surface area contributed by atoms with Gasteiger partial charge in [0.25, 0.3) is 5.91 Å². The third-order valence-corrected chi connectivity index (χ3v) is 6.30. The second-order valence-electron chi connectivity index (χ2n) is 7.65. The van der Waals surface area contributed by atoms with Crippen molar-refractivity contribution in [2.24, 2.45) is 0 Å². The van der Waals surface area contributed by atoms with Gasteiger partial charge in [0, 0.05) is 5.69 Å². The Labute approximate surface area is 226 Å². The Kier molecular flexibility index (Phi) is 8.44. The summed E-state index contributed by atoms with van der Waals surface area (Å²) in [6, 6.07) is 7.62. The van der Waals surface area contributed by atoms with Gasteiger partial charge in [-0.3, -0.25) is 9.59 Å². The van der Waals surface area contributed by atoms with Crippen LogP contribution in [0.2, 0.25) is 5.02 Å². The Balaban J connectivity index is 1.90. The fraction of sp³-hybridized carbons (Fsp3) is 0.130. The Morgan fingerprint density at radius 3 is 2.25 bits per heavy atom. The van der Waals surface area contributed by atoms with Crippen LogP contribution in [0.5, 0.6) is 0 Å². The number of hydrogen-bond acceptors (Lipinski definition) is 3. The number of benzene rings is 3. The molecule has 3 aromatic carbocycles. The molecule has 1 unspecified atom stereocenters. The number of carbonyl (C=O) groups excluding carboxylic acids is 2. The number of nitrogens with one attached hydrogen (secondary N) is 2. The van der Waals surface area contributed by atoms with E-state index in [-0.39, 0.29) is 26.3 Å². The molecule has 0 saturated heterocycles. The van der Waals surface area contributed by atoms with Crippen molar-refractivity contribution < 1.29 is 27.2 Å². The smallest absolute Gasteiger partial charge is 0.257 e. The number of carbonyl (C=O) groups is 2. The Morgan fingerprint density at radius 2 is 1.64 bits per heavy atom. The molecule has 0 spiro atoms. The molecule has 0 heterocycles. The normalized spacial score (nSPS) is 12.2. The molecular formula is C23H15BrCl3F4N3O2. The van der Waals surface area contributed by atoms with Crippen LogP contribution < -0.4 is 16.4 Å². The lowest BCUT2D eigenvalue weighted by Gasteiger charge is -2.26. The molecule has 13 heteroatoms. The summed E-state index contributed by atoms with van der Waals surface area (Å²) in [4.78, 5) is 25.8. The fourth-order valence-corrected chi connectivity index (χ4v) is 4.37. The highest BCUT2D eigenvalue weighted by Gasteiger charge is 2.38. The summed E-state index contributed by atoms with van der Waals surface area (Å²) in [5.41, 5.74) is 3.98. The molecule has 0 aliphatic carbocycles. The van der Waals surface area contributed by atoms with Gasteiger partial charge in [-0.15, -0.1) is 23.2 Å². The van der Waals surface area contributed by atoms with Gasteiger partial charge in [-0.2, -0.15) is 0 Å². The lowest BCUT2D eigenvalue weighted by molar-refractivity contribution is -0.117. The monoisotopic (exact) mass is 625 g/mol. The second kappa shape index (κ2) is 10.8. The average molecular weight is 628 g/mol. The molecule has 3 aromatic rings. The minimum absolute atomic E-state index is 0.0259. The summed E-state index contributed by atoms with van der Waals surface area (Å²) >= 11 is 21.4. The summed E-state index contributed by atoms with van der Waals surface area (Å²) in [7, 11) is 0. The summed E-state index contributed by atoms with van der Waals surface area (Å²) in [5.74, 6) is -7.63. The molecule has 0 bridgehead atoms. The molecule has 0 aliphatic rings. The fourth-order valence-electron chi connectivity index (χ4n) is 3.26. The highest BCUT2D eigenvalue weighted by Crippen LogP contribution is 2.40. The van der Waals surface area contributed by atoms with Crippen LogP contribution in [0.15, 0.2) is 46.9 Å². The van der Waals surface area contributed by atoms with Crippen LogP contribution in [-0.2, 0) is 4.79 Å². The highest BCUT2D eigenvalue weighted by molar-refractivity contribution is 9.10. The van der Waals surface area contributed by atoms with Crippen molar-refractivity contribution in [3.8, 4) is 0 Å². The van der Waals surface area contributed by atoms with Gasteiger partial charge < -0.3 is 16.4 Å². The van der Waals surface area contributed by atoms with E-state index in [9.17, 15) is 27.2 Å². The van der Waals surface area contributed by atoms with Crippen LogP contribution in [0.25, 0.3) is 0 Å². The molecule has 1 atom stereocenters. The highest BCUT2D eigenvalue weighted by atomic mass is 79.9. The SMILES string of the molecule is CC(Cl)(Cl)C(C(=O)Nc1ccc(Cl)c(C(=O)Nc2ccc(F)c(N)c2F)c1)c1cc(F)c(F)c(Br)c1. The zero-order valence-corrected chi connectivity index (χ0v) is 21.9. The van der Waals surface area contributed by atoms with Crippen LogP contribution in [0, 0.1) is 23.3 Å². The Morgan fingerprint density at radius 1 is 0.972 bits per heavy atom. The molecule has 190 valence electrons. The van der Waals surface area contributed by atoms with Crippen LogP contribution >= 0.6 is 50.7 Å². The van der Waals surface area contributed by atoms with Crippen molar-refractivity contribution in [1.82, 2.24) is 0 Å². The van der Waals surface area contributed by atoms with Gasteiger partial charge in [0.1, 0.15) is 15.8 Å². The van der Waals surface area contributed by atoms with E-state index >= 15 is 0 Å². The van der Waals surface area contributed by atoms with E-state index in [0.29, 0.717) is 0 Å². The molecule has 2 amide bonds. The first-order chi connectivity index (χ1) is 16.7. The predicted octanol–water partition coefficient (Wildman–Crippen LogP) is 7.41. The maximum atomic E-state index is 14.2. The maximum Gasteiger partial charge on any atom is 0.257 e. The zero-order chi connectivity index (χ0) is 26.9. The molecule has 0 fully saturated rings. The maximum absolute atomic E-state index is 14.2. The van der Waals surface area contributed by atoms with E-state index in [2.05, 4.69) is 26.6 Å². The van der Waals surface area contributed by atoms with E-state index in [1.807, 2.05) is 0 Å². The number of alkyl halides is 2. The van der Waals surface area contributed by atoms with E-state index in [0.717, 1.165) is 24.3 Å². The quantitative estimate of drug-likeness (QED) is 0.115. The molecule has 5 nitrogen and oxygen atoms in total. The first kappa shape index (κ1) is 28.0. The number of nitrogens with two attached hydrogens (primary N) is 1. The third kappa shape index (κ3) is 6.05.